The molecule has 0 unspecified atom stereocenters. The molecule has 416 valence electrons. The van der Waals surface area contributed by atoms with Crippen LogP contribution in [-0.4, -0.2) is 26.1 Å². The van der Waals surface area contributed by atoms with E-state index >= 15 is 26.3 Å². The van der Waals surface area contributed by atoms with E-state index in [4.69, 9.17) is 9.97 Å². The molecule has 0 saturated heterocycles. The summed E-state index contributed by atoms with van der Waals surface area (Å²) in [6.07, 6.45) is -9.90. The highest BCUT2D eigenvalue weighted by atomic mass is 28.3. The smallest absolute Gasteiger partial charge is 0.348 e. The Hall–Kier alpha value is -7.03. The molecule has 1 aliphatic rings. The van der Waals surface area contributed by atoms with Gasteiger partial charge < -0.3 is 10.6 Å². The lowest BCUT2D eigenvalue weighted by Gasteiger charge is -2.38. The molecule has 2 heterocycles. The van der Waals surface area contributed by atoms with Crippen molar-refractivity contribution in [3.63, 3.8) is 0 Å². The molecular formula is C62H56F12N4Si2. The fourth-order valence-electron chi connectivity index (χ4n) is 12.8. The van der Waals surface area contributed by atoms with Crippen molar-refractivity contribution in [2.75, 3.05) is 10.6 Å². The number of hydrogen-bond acceptors (Lipinski definition) is 4. The molecule has 1 aliphatic heterocycles. The van der Waals surface area contributed by atoms with Crippen LogP contribution in [0.3, 0.4) is 0 Å². The maximum Gasteiger partial charge on any atom is 0.416 e. The second kappa shape index (κ2) is 20.5. The molecule has 1 aromatic heterocycles. The normalized spacial score (nSPS) is 13.2. The van der Waals surface area contributed by atoms with Gasteiger partial charge in [0.15, 0.2) is 34.9 Å². The largest absolute Gasteiger partial charge is 0.416 e. The van der Waals surface area contributed by atoms with Crippen LogP contribution < -0.4 is 10.6 Å². The zero-order valence-electron chi connectivity index (χ0n) is 45.8. The first-order chi connectivity index (χ1) is 37.4. The van der Waals surface area contributed by atoms with E-state index in [1.165, 1.54) is 0 Å². The number of aromatic nitrogens is 2. The monoisotopic (exact) mass is 1140 g/mol. The van der Waals surface area contributed by atoms with Gasteiger partial charge in [-0.15, -0.1) is 11.1 Å². The Labute approximate surface area is 457 Å². The van der Waals surface area contributed by atoms with Crippen LogP contribution in [-0.2, 0) is 12.4 Å². The van der Waals surface area contributed by atoms with E-state index in [-0.39, 0.29) is 66.8 Å². The van der Waals surface area contributed by atoms with Crippen LogP contribution in [0.4, 0.5) is 75.4 Å². The zero-order chi connectivity index (χ0) is 58.6. The highest BCUT2D eigenvalue weighted by Crippen LogP contribution is 2.56. The fourth-order valence-corrected chi connectivity index (χ4v) is 23.2. The Kier molecular flexibility index (Phi) is 14.8. The molecule has 2 N–H and O–H groups in total. The second-order valence-corrected chi connectivity index (χ2v) is 33.6. The van der Waals surface area contributed by atoms with E-state index in [9.17, 15) is 26.3 Å². The summed E-state index contributed by atoms with van der Waals surface area (Å²) in [5, 5.41) is 1.77. The van der Waals surface area contributed by atoms with Crippen LogP contribution in [0, 0.1) is 57.8 Å². The van der Waals surface area contributed by atoms with Gasteiger partial charge in [0.05, 0.1) is 44.7 Å². The standard InChI is InChI=1S/C62H56F12N4Si2/c1-29(2)79(30(3)4,31(5)6)27-25-39-55-56(76-42-16-14-13-15-41(42)75-55)40(26-28-80(32(7)8,33(9)10)34(11)12)58-57(39)77-59-51(65)47-43(35-17-21-37(22-18-35)61(69,70)71)45-46(50(64)54(68)53(67)49(45)63)44(48(47)52(66)60(59)78-58)36-19-23-38(24-20-36)62(72,73)74/h13-24,29-34,77-78H,1-12H3. The number of anilines is 4. The van der Waals surface area contributed by atoms with E-state index in [1.54, 1.807) is 24.3 Å². The van der Waals surface area contributed by atoms with Crippen LogP contribution in [0.1, 0.15) is 105 Å². The minimum atomic E-state index is -4.95. The van der Waals surface area contributed by atoms with Gasteiger partial charge in [0.25, 0.3) is 0 Å². The van der Waals surface area contributed by atoms with Gasteiger partial charge in [-0.2, -0.15) is 26.3 Å². The van der Waals surface area contributed by atoms with Gasteiger partial charge >= 0.3 is 12.4 Å². The summed E-state index contributed by atoms with van der Waals surface area (Å²) in [7, 11) is -5.29. The molecular weight excluding hydrogens is 1080 g/mol. The van der Waals surface area contributed by atoms with Crippen molar-refractivity contribution in [1.29, 1.82) is 0 Å². The van der Waals surface area contributed by atoms with Crippen LogP contribution in [0.25, 0.3) is 65.9 Å². The van der Waals surface area contributed by atoms with Gasteiger partial charge in [-0.05, 0) is 80.8 Å². The lowest BCUT2D eigenvalue weighted by atomic mass is 9.83. The van der Waals surface area contributed by atoms with Crippen LogP contribution in [0.15, 0.2) is 72.8 Å². The van der Waals surface area contributed by atoms with Gasteiger partial charge in [-0.3, -0.25) is 0 Å². The average Bonchev–Trinajstić information content (AvgIpc) is 2.82. The number of alkyl halides is 6. The zero-order valence-corrected chi connectivity index (χ0v) is 47.8. The van der Waals surface area contributed by atoms with Crippen molar-refractivity contribution in [3.8, 4) is 45.2 Å². The van der Waals surface area contributed by atoms with Gasteiger partial charge in [0, 0.05) is 32.7 Å². The molecule has 0 aliphatic carbocycles. The van der Waals surface area contributed by atoms with Crippen molar-refractivity contribution in [1.82, 2.24) is 9.97 Å². The topological polar surface area (TPSA) is 49.8 Å². The molecule has 0 amide bonds. The van der Waals surface area contributed by atoms with Crippen LogP contribution in [0.5, 0.6) is 0 Å². The summed E-state index contributed by atoms with van der Waals surface area (Å²) in [4.78, 5) is 10.3. The average molecular weight is 1140 g/mol. The third-order valence-corrected chi connectivity index (χ3v) is 29.1. The molecule has 0 atom stereocenters. The van der Waals surface area contributed by atoms with Crippen molar-refractivity contribution in [2.45, 2.75) is 129 Å². The number of nitrogens with zero attached hydrogens (tertiary/aromatic N) is 2. The summed E-state index contributed by atoms with van der Waals surface area (Å²) in [5.41, 5.74) is 3.35. The minimum Gasteiger partial charge on any atom is -0.348 e. The molecule has 4 nitrogen and oxygen atoms in total. The number of rotatable bonds is 8. The third-order valence-electron chi connectivity index (χ3n) is 16.5. The fraction of sp³-hybridized carbons (Fsp3) is 0.323. The summed E-state index contributed by atoms with van der Waals surface area (Å²) in [5.74, 6) is -5.06. The molecule has 7 aromatic carbocycles. The van der Waals surface area contributed by atoms with Gasteiger partial charge in [-0.25, -0.2) is 36.3 Å². The van der Waals surface area contributed by atoms with Crippen molar-refractivity contribution in [2.24, 2.45) is 0 Å². The van der Waals surface area contributed by atoms with Crippen molar-refractivity contribution >= 4 is 82.5 Å². The SMILES string of the molecule is CC(C)[Si](C#Cc1c2c(c(C#C[Si](C(C)C)(C(C)C)C(C)C)c3nc4ccccc4nc13)Nc1c(c(F)c3c(-c4ccc(C(F)(F)F)cc4)c4c(F)c(F)c(F)c(F)c4c(-c4ccc(C(F)(F)F)cc4)c3c1F)N2)(C(C)C)C(C)C. The molecule has 0 radical (unpaired) electrons. The van der Waals surface area contributed by atoms with Gasteiger partial charge in [0.1, 0.15) is 38.6 Å². The van der Waals surface area contributed by atoms with Crippen molar-refractivity contribution < 1.29 is 52.7 Å². The summed E-state index contributed by atoms with van der Waals surface area (Å²) < 4.78 is 188. The molecule has 0 saturated carbocycles. The lowest BCUT2D eigenvalue weighted by molar-refractivity contribution is -0.138. The predicted octanol–water partition coefficient (Wildman–Crippen LogP) is 20.2. The molecule has 9 rings (SSSR count). The van der Waals surface area contributed by atoms with Crippen LogP contribution in [0.2, 0.25) is 33.2 Å². The second-order valence-electron chi connectivity index (χ2n) is 22.5. The summed E-state index contributed by atoms with van der Waals surface area (Å²) in [6, 6.07) is 12.2. The summed E-state index contributed by atoms with van der Waals surface area (Å²) >= 11 is 0. The maximum absolute atomic E-state index is 18.9. The number of benzene rings is 7. The van der Waals surface area contributed by atoms with E-state index in [0.717, 1.165) is 24.3 Å². The Morgan fingerprint density at radius 1 is 0.388 bits per heavy atom. The number of para-hydroxylation sites is 2. The molecule has 8 aromatic rings. The highest BCUT2D eigenvalue weighted by Gasteiger charge is 2.44. The van der Waals surface area contributed by atoms with Gasteiger partial charge in [-0.1, -0.05) is 131 Å². The molecule has 0 fully saturated rings. The Morgan fingerprint density at radius 3 is 0.950 bits per heavy atom. The molecule has 0 bridgehead atoms. The number of fused-ring (bicyclic) bond motifs is 6. The predicted molar refractivity (Wildman–Crippen MR) is 302 cm³/mol. The molecule has 18 heteroatoms. The summed E-state index contributed by atoms with van der Waals surface area (Å²) in [6.45, 7) is 25.3. The Bertz CT molecular complexity index is 3670. The molecule has 80 heavy (non-hydrogen) atoms. The van der Waals surface area contributed by atoms with Crippen molar-refractivity contribution in [3.05, 3.63) is 130 Å². The number of hydrogen-bond donors (Lipinski definition) is 2. The van der Waals surface area contributed by atoms with E-state index in [2.05, 4.69) is 117 Å². The molecule has 0 spiro atoms. The number of halogens is 12. The van der Waals surface area contributed by atoms with Crippen LogP contribution >= 0.6 is 0 Å². The first-order valence-electron chi connectivity index (χ1n) is 26.3. The maximum atomic E-state index is 18.9. The Morgan fingerprint density at radius 2 is 0.675 bits per heavy atom. The van der Waals surface area contributed by atoms with E-state index < -0.39 is 130 Å². The quantitative estimate of drug-likeness (QED) is 0.0398. The van der Waals surface area contributed by atoms with E-state index in [0.29, 0.717) is 35.3 Å². The first kappa shape index (κ1) is 57.7. The van der Waals surface area contributed by atoms with E-state index in [1.807, 2.05) is 0 Å². The number of nitrogens with one attached hydrogen (secondary N) is 2. The highest BCUT2D eigenvalue weighted by molar-refractivity contribution is 6.91. The Balaban J connectivity index is 1.52. The van der Waals surface area contributed by atoms with Gasteiger partial charge in [0.2, 0.25) is 0 Å². The third kappa shape index (κ3) is 9.05. The first-order valence-corrected chi connectivity index (χ1v) is 30.8. The lowest BCUT2D eigenvalue weighted by Crippen LogP contribution is -2.43. The minimum absolute atomic E-state index is 0.0549.